The summed E-state index contributed by atoms with van der Waals surface area (Å²) in [5, 5.41) is 19.5. The van der Waals surface area contributed by atoms with Crippen molar-refractivity contribution in [3.63, 3.8) is 0 Å². The lowest BCUT2D eigenvalue weighted by Gasteiger charge is -2.19. The van der Waals surface area contributed by atoms with Crippen molar-refractivity contribution in [2.75, 3.05) is 0 Å². The van der Waals surface area contributed by atoms with Gasteiger partial charge in [-0.1, -0.05) is 46.5 Å². The van der Waals surface area contributed by atoms with Gasteiger partial charge in [0.15, 0.2) is 0 Å². The van der Waals surface area contributed by atoms with Gasteiger partial charge in [-0.15, -0.1) is 0 Å². The molecule has 1 saturated carbocycles. The first-order chi connectivity index (χ1) is 7.09. The van der Waals surface area contributed by atoms with Crippen molar-refractivity contribution in [3.8, 4) is 0 Å². The molecule has 1 rings (SSSR count). The number of hydrogen-bond donors (Lipinski definition) is 2. The van der Waals surface area contributed by atoms with E-state index in [1.807, 2.05) is 0 Å². The van der Waals surface area contributed by atoms with Gasteiger partial charge in [0.05, 0.1) is 12.2 Å². The molecule has 0 radical (unpaired) electrons. The topological polar surface area (TPSA) is 40.5 Å². The monoisotopic (exact) mass is 214 g/mol. The van der Waals surface area contributed by atoms with Crippen LogP contribution in [0.25, 0.3) is 0 Å². The molecule has 15 heavy (non-hydrogen) atoms. The maximum Gasteiger partial charge on any atom is 0.0830 e. The van der Waals surface area contributed by atoms with Crippen molar-refractivity contribution in [2.24, 2.45) is 17.8 Å². The van der Waals surface area contributed by atoms with Crippen molar-refractivity contribution in [1.29, 1.82) is 0 Å². The molecule has 4 unspecified atom stereocenters. The molecule has 0 heterocycles. The summed E-state index contributed by atoms with van der Waals surface area (Å²) in [5.41, 5.74) is 0. The summed E-state index contributed by atoms with van der Waals surface area (Å²) >= 11 is 0. The first-order valence-corrected chi connectivity index (χ1v) is 6.45. The minimum Gasteiger partial charge on any atom is -0.390 e. The van der Waals surface area contributed by atoms with Crippen molar-refractivity contribution in [3.05, 3.63) is 0 Å². The zero-order chi connectivity index (χ0) is 11.4. The van der Waals surface area contributed by atoms with Gasteiger partial charge >= 0.3 is 0 Å². The standard InChI is InChI=1S/C13H26O2/c1-4-5-6-7-8-11-9(2)12(14)13(15)10(11)3/h9-15H,4-8H2,1-3H3. The quantitative estimate of drug-likeness (QED) is 0.691. The van der Waals surface area contributed by atoms with Crippen LogP contribution in [0.15, 0.2) is 0 Å². The molecule has 2 N–H and O–H groups in total. The lowest BCUT2D eigenvalue weighted by atomic mass is 9.86. The molecule has 2 heteroatoms. The molecule has 2 nitrogen and oxygen atoms in total. The van der Waals surface area contributed by atoms with Crippen LogP contribution in [0.4, 0.5) is 0 Å². The maximum atomic E-state index is 9.76. The van der Waals surface area contributed by atoms with Gasteiger partial charge in [0.2, 0.25) is 0 Å². The van der Waals surface area contributed by atoms with Crippen LogP contribution in [0, 0.1) is 17.8 Å². The Hall–Kier alpha value is -0.0800. The first-order valence-electron chi connectivity index (χ1n) is 6.45. The van der Waals surface area contributed by atoms with E-state index in [1.165, 1.54) is 25.7 Å². The van der Waals surface area contributed by atoms with E-state index >= 15 is 0 Å². The fourth-order valence-corrected chi connectivity index (χ4v) is 2.94. The fourth-order valence-electron chi connectivity index (χ4n) is 2.94. The molecule has 1 aliphatic rings. The van der Waals surface area contributed by atoms with Gasteiger partial charge in [0.1, 0.15) is 0 Å². The molecule has 1 aliphatic carbocycles. The molecule has 4 atom stereocenters. The molecule has 1 fully saturated rings. The highest BCUT2D eigenvalue weighted by atomic mass is 16.3. The smallest absolute Gasteiger partial charge is 0.0830 e. The third-order valence-electron chi connectivity index (χ3n) is 4.17. The van der Waals surface area contributed by atoms with E-state index in [2.05, 4.69) is 20.8 Å². The Labute approximate surface area is 93.7 Å². The number of hydrogen-bond acceptors (Lipinski definition) is 2. The van der Waals surface area contributed by atoms with Crippen molar-refractivity contribution in [2.45, 2.75) is 65.1 Å². The summed E-state index contributed by atoms with van der Waals surface area (Å²) in [7, 11) is 0. The molecule has 0 aromatic heterocycles. The predicted molar refractivity (Wildman–Crippen MR) is 62.6 cm³/mol. The fraction of sp³-hybridized carbons (Fsp3) is 1.00. The van der Waals surface area contributed by atoms with Crippen LogP contribution in [-0.2, 0) is 0 Å². The Morgan fingerprint density at radius 3 is 1.87 bits per heavy atom. The van der Waals surface area contributed by atoms with Gasteiger partial charge < -0.3 is 10.2 Å². The zero-order valence-corrected chi connectivity index (χ0v) is 10.3. The highest BCUT2D eigenvalue weighted by Crippen LogP contribution is 2.40. The Morgan fingerprint density at radius 2 is 1.40 bits per heavy atom. The average Bonchev–Trinajstić information content (AvgIpc) is 2.41. The summed E-state index contributed by atoms with van der Waals surface area (Å²) < 4.78 is 0. The summed E-state index contributed by atoms with van der Waals surface area (Å²) in [6.45, 7) is 6.36. The average molecular weight is 214 g/mol. The summed E-state index contributed by atoms with van der Waals surface area (Å²) in [6.07, 6.45) is 5.26. The maximum absolute atomic E-state index is 9.76. The van der Waals surface area contributed by atoms with E-state index in [0.717, 1.165) is 6.42 Å². The second kappa shape index (κ2) is 5.86. The summed E-state index contributed by atoms with van der Waals surface area (Å²) in [4.78, 5) is 0. The first kappa shape index (κ1) is 13.0. The minimum atomic E-state index is -0.504. The summed E-state index contributed by atoms with van der Waals surface area (Å²) in [6, 6.07) is 0. The van der Waals surface area contributed by atoms with Crippen LogP contribution < -0.4 is 0 Å². The third kappa shape index (κ3) is 2.94. The minimum absolute atomic E-state index is 0.261. The van der Waals surface area contributed by atoms with Gasteiger partial charge in [-0.2, -0.15) is 0 Å². The van der Waals surface area contributed by atoms with E-state index in [9.17, 15) is 10.2 Å². The SMILES string of the molecule is CCCCCCC1C(C)C(O)C(O)C1C. The van der Waals surface area contributed by atoms with E-state index in [1.54, 1.807) is 0 Å². The van der Waals surface area contributed by atoms with Gasteiger partial charge in [-0.05, 0) is 24.2 Å². The van der Waals surface area contributed by atoms with Gasteiger partial charge in [0.25, 0.3) is 0 Å². The van der Waals surface area contributed by atoms with Crippen LogP contribution in [0.2, 0.25) is 0 Å². The lowest BCUT2D eigenvalue weighted by Crippen LogP contribution is -2.26. The van der Waals surface area contributed by atoms with Crippen molar-refractivity contribution >= 4 is 0 Å². The number of rotatable bonds is 5. The number of unbranched alkanes of at least 4 members (excludes halogenated alkanes) is 3. The van der Waals surface area contributed by atoms with Crippen molar-refractivity contribution < 1.29 is 10.2 Å². The van der Waals surface area contributed by atoms with Crippen LogP contribution in [0.1, 0.15) is 52.9 Å². The van der Waals surface area contributed by atoms with Gasteiger partial charge in [-0.3, -0.25) is 0 Å². The molecule has 0 aromatic rings. The Morgan fingerprint density at radius 1 is 0.867 bits per heavy atom. The molecule has 0 saturated heterocycles. The van der Waals surface area contributed by atoms with E-state index in [4.69, 9.17) is 0 Å². The molecule has 0 aromatic carbocycles. The molecular weight excluding hydrogens is 188 g/mol. The van der Waals surface area contributed by atoms with E-state index < -0.39 is 12.2 Å². The second-order valence-corrected chi connectivity index (χ2v) is 5.21. The molecule has 0 amide bonds. The van der Waals surface area contributed by atoms with Crippen LogP contribution in [-0.4, -0.2) is 22.4 Å². The number of aliphatic hydroxyl groups is 2. The molecule has 90 valence electrons. The Kier molecular flexibility index (Phi) is 5.07. The Bertz CT molecular complexity index is 167. The van der Waals surface area contributed by atoms with Crippen LogP contribution >= 0.6 is 0 Å². The van der Waals surface area contributed by atoms with Gasteiger partial charge in [-0.25, -0.2) is 0 Å². The predicted octanol–water partition coefficient (Wildman–Crippen LogP) is 2.58. The zero-order valence-electron chi connectivity index (χ0n) is 10.3. The highest BCUT2D eigenvalue weighted by Gasteiger charge is 2.43. The largest absolute Gasteiger partial charge is 0.390 e. The van der Waals surface area contributed by atoms with E-state index in [-0.39, 0.29) is 11.8 Å². The molecule has 0 bridgehead atoms. The lowest BCUT2D eigenvalue weighted by molar-refractivity contribution is 0.00981. The molecule has 0 spiro atoms. The van der Waals surface area contributed by atoms with Crippen molar-refractivity contribution in [1.82, 2.24) is 0 Å². The molecular formula is C13H26O2. The van der Waals surface area contributed by atoms with Gasteiger partial charge in [0, 0.05) is 0 Å². The van der Waals surface area contributed by atoms with Crippen LogP contribution in [0.3, 0.4) is 0 Å². The second-order valence-electron chi connectivity index (χ2n) is 5.21. The Balaban J connectivity index is 2.34. The normalized spacial score (nSPS) is 41.0. The molecule has 0 aliphatic heterocycles. The van der Waals surface area contributed by atoms with E-state index in [0.29, 0.717) is 5.92 Å². The number of aliphatic hydroxyl groups excluding tert-OH is 2. The highest BCUT2D eigenvalue weighted by molar-refractivity contribution is 4.93. The third-order valence-corrected chi connectivity index (χ3v) is 4.17. The summed E-state index contributed by atoms with van der Waals surface area (Å²) in [5.74, 6) is 1.03. The van der Waals surface area contributed by atoms with Crippen LogP contribution in [0.5, 0.6) is 0 Å².